The molecule has 1 aromatic heterocycles. The van der Waals surface area contributed by atoms with E-state index in [0.29, 0.717) is 36.5 Å². The molecule has 0 radical (unpaired) electrons. The first-order valence-corrected chi connectivity index (χ1v) is 7.07. The van der Waals surface area contributed by atoms with E-state index in [1.807, 2.05) is 13.8 Å². The molecular weight excluding hydrogens is 310 g/mol. The number of nitrogens with one attached hydrogen (secondary N) is 1. The summed E-state index contributed by atoms with van der Waals surface area (Å²) in [5, 5.41) is 7.23. The molecule has 0 saturated carbocycles. The van der Waals surface area contributed by atoms with E-state index in [1.165, 1.54) is 4.68 Å². The second-order valence-electron chi connectivity index (χ2n) is 4.34. The van der Waals surface area contributed by atoms with Gasteiger partial charge in [-0.15, -0.1) is 0 Å². The number of aryl methyl sites for hydroxylation is 1. The van der Waals surface area contributed by atoms with Gasteiger partial charge in [0, 0.05) is 13.1 Å². The molecule has 1 rings (SSSR count). The molecule has 19 heavy (non-hydrogen) atoms. The first kappa shape index (κ1) is 15.9. The van der Waals surface area contributed by atoms with Gasteiger partial charge >= 0.3 is 0 Å². The van der Waals surface area contributed by atoms with Gasteiger partial charge in [-0.3, -0.25) is 4.79 Å². The zero-order valence-electron chi connectivity index (χ0n) is 11.4. The van der Waals surface area contributed by atoms with Gasteiger partial charge in [0.05, 0.1) is 25.1 Å². The van der Waals surface area contributed by atoms with Crippen molar-refractivity contribution in [1.82, 2.24) is 9.78 Å². The van der Waals surface area contributed by atoms with Crippen LogP contribution in [-0.4, -0.2) is 29.5 Å². The summed E-state index contributed by atoms with van der Waals surface area (Å²) in [6, 6.07) is 0. The van der Waals surface area contributed by atoms with E-state index < -0.39 is 0 Å². The minimum Gasteiger partial charge on any atom is -0.380 e. The smallest absolute Gasteiger partial charge is 0.283 e. The van der Waals surface area contributed by atoms with Crippen LogP contribution in [0.5, 0.6) is 0 Å². The first-order chi connectivity index (χ1) is 9.06. The molecule has 0 aliphatic rings. The third kappa shape index (κ3) is 5.16. The normalized spacial score (nSPS) is 10.5. The number of anilines is 1. The molecule has 0 aromatic carbocycles. The number of halogens is 1. The van der Waals surface area contributed by atoms with Crippen LogP contribution in [0.2, 0.25) is 0 Å². The van der Waals surface area contributed by atoms with Crippen molar-refractivity contribution in [3.63, 3.8) is 0 Å². The van der Waals surface area contributed by atoms with Crippen molar-refractivity contribution in [3.8, 4) is 0 Å². The van der Waals surface area contributed by atoms with Crippen molar-refractivity contribution in [2.24, 2.45) is 0 Å². The Labute approximate surface area is 121 Å². The average Bonchev–Trinajstić information content (AvgIpc) is 2.37. The maximum Gasteiger partial charge on any atom is 0.283 e. The van der Waals surface area contributed by atoms with Crippen LogP contribution >= 0.6 is 15.9 Å². The molecule has 6 heteroatoms. The molecule has 0 atom stereocenters. The number of aromatic nitrogens is 2. The fourth-order valence-corrected chi connectivity index (χ4v) is 1.91. The third-order valence-corrected chi connectivity index (χ3v) is 3.10. The Bertz CT molecular complexity index is 485. The monoisotopic (exact) mass is 329 g/mol. The van der Waals surface area contributed by atoms with Crippen LogP contribution < -0.4 is 10.9 Å². The second-order valence-corrected chi connectivity index (χ2v) is 5.13. The number of rotatable bonds is 8. The van der Waals surface area contributed by atoms with Gasteiger partial charge in [0.1, 0.15) is 4.47 Å². The van der Waals surface area contributed by atoms with E-state index in [0.717, 1.165) is 12.0 Å². The van der Waals surface area contributed by atoms with Gasteiger partial charge in [-0.25, -0.2) is 4.68 Å². The number of hydrogen-bond acceptors (Lipinski definition) is 4. The van der Waals surface area contributed by atoms with Gasteiger partial charge in [0.15, 0.2) is 0 Å². The van der Waals surface area contributed by atoms with Gasteiger partial charge in [-0.2, -0.15) is 5.10 Å². The fourth-order valence-electron chi connectivity index (χ4n) is 1.46. The standard InChI is InChI=1S/C13H20BrN3O2/c1-4-6-17-13(18)12(14)11(8-16-17)15-5-7-19-9-10(2)3/h8,15H,2,4-7,9H2,1,3H3. The van der Waals surface area contributed by atoms with E-state index in [2.05, 4.69) is 32.9 Å². The zero-order valence-corrected chi connectivity index (χ0v) is 13.0. The lowest BCUT2D eigenvalue weighted by Gasteiger charge is -2.10. The zero-order chi connectivity index (χ0) is 14.3. The first-order valence-electron chi connectivity index (χ1n) is 6.27. The molecular formula is C13H20BrN3O2. The summed E-state index contributed by atoms with van der Waals surface area (Å²) in [5.41, 5.74) is 1.57. The molecule has 0 bridgehead atoms. The maximum atomic E-state index is 11.9. The highest BCUT2D eigenvalue weighted by atomic mass is 79.9. The van der Waals surface area contributed by atoms with Crippen LogP contribution in [-0.2, 0) is 11.3 Å². The van der Waals surface area contributed by atoms with Gasteiger partial charge in [0.25, 0.3) is 5.56 Å². The Morgan fingerprint density at radius 3 is 3.00 bits per heavy atom. The summed E-state index contributed by atoms with van der Waals surface area (Å²) in [6.07, 6.45) is 2.53. The Kier molecular flexibility index (Phi) is 6.80. The van der Waals surface area contributed by atoms with Crippen LogP contribution in [0, 0.1) is 0 Å². The SMILES string of the molecule is C=C(C)COCCNc1cnn(CCC)c(=O)c1Br. The van der Waals surface area contributed by atoms with E-state index in [1.54, 1.807) is 6.20 Å². The minimum atomic E-state index is -0.116. The van der Waals surface area contributed by atoms with E-state index in [-0.39, 0.29) is 5.56 Å². The predicted octanol–water partition coefficient (Wildman–Crippen LogP) is 2.42. The summed E-state index contributed by atoms with van der Waals surface area (Å²) in [6.45, 7) is 10.0. The lowest BCUT2D eigenvalue weighted by atomic mass is 10.4. The molecule has 0 aliphatic heterocycles. The number of nitrogens with zero attached hydrogens (tertiary/aromatic N) is 2. The third-order valence-electron chi connectivity index (χ3n) is 2.33. The molecule has 5 nitrogen and oxygen atoms in total. The lowest BCUT2D eigenvalue weighted by molar-refractivity contribution is 0.167. The Hall–Kier alpha value is -1.14. The van der Waals surface area contributed by atoms with Crippen LogP contribution in [0.15, 0.2) is 27.6 Å². The van der Waals surface area contributed by atoms with Crippen molar-refractivity contribution >= 4 is 21.6 Å². The molecule has 1 aromatic rings. The highest BCUT2D eigenvalue weighted by molar-refractivity contribution is 9.10. The Morgan fingerprint density at radius 1 is 1.63 bits per heavy atom. The molecule has 0 amide bonds. The molecule has 0 spiro atoms. The number of ether oxygens (including phenoxy) is 1. The summed E-state index contributed by atoms with van der Waals surface area (Å²) in [7, 11) is 0. The summed E-state index contributed by atoms with van der Waals surface area (Å²) >= 11 is 3.30. The fraction of sp³-hybridized carbons (Fsp3) is 0.538. The molecule has 1 N–H and O–H groups in total. The van der Waals surface area contributed by atoms with Crippen LogP contribution in [0.25, 0.3) is 0 Å². The van der Waals surface area contributed by atoms with Crippen LogP contribution in [0.3, 0.4) is 0 Å². The van der Waals surface area contributed by atoms with E-state index in [4.69, 9.17) is 4.74 Å². The van der Waals surface area contributed by atoms with Crippen molar-refractivity contribution < 1.29 is 4.74 Å². The Balaban J connectivity index is 2.53. The van der Waals surface area contributed by atoms with Crippen LogP contribution in [0.1, 0.15) is 20.3 Å². The van der Waals surface area contributed by atoms with E-state index in [9.17, 15) is 4.79 Å². The van der Waals surface area contributed by atoms with Crippen molar-refractivity contribution in [2.75, 3.05) is 25.1 Å². The Morgan fingerprint density at radius 2 is 2.37 bits per heavy atom. The summed E-state index contributed by atoms with van der Waals surface area (Å²) in [5.74, 6) is 0. The highest BCUT2D eigenvalue weighted by Gasteiger charge is 2.07. The highest BCUT2D eigenvalue weighted by Crippen LogP contribution is 2.15. The second kappa shape index (κ2) is 8.12. The summed E-state index contributed by atoms with van der Waals surface area (Å²) < 4.78 is 7.33. The number of hydrogen-bond donors (Lipinski definition) is 1. The van der Waals surface area contributed by atoms with Crippen molar-refractivity contribution in [1.29, 1.82) is 0 Å². The molecule has 0 saturated heterocycles. The topological polar surface area (TPSA) is 56.1 Å². The van der Waals surface area contributed by atoms with Gasteiger partial charge in [-0.1, -0.05) is 19.1 Å². The predicted molar refractivity (Wildman–Crippen MR) is 80.6 cm³/mol. The molecule has 106 valence electrons. The largest absolute Gasteiger partial charge is 0.380 e. The average molecular weight is 330 g/mol. The lowest BCUT2D eigenvalue weighted by Crippen LogP contribution is -2.25. The van der Waals surface area contributed by atoms with Gasteiger partial charge in [-0.05, 0) is 29.3 Å². The quantitative estimate of drug-likeness (QED) is 0.587. The summed E-state index contributed by atoms with van der Waals surface area (Å²) in [4.78, 5) is 11.9. The van der Waals surface area contributed by atoms with Crippen LogP contribution in [0.4, 0.5) is 5.69 Å². The maximum absolute atomic E-state index is 11.9. The van der Waals surface area contributed by atoms with Crippen molar-refractivity contribution in [2.45, 2.75) is 26.8 Å². The molecule has 1 heterocycles. The van der Waals surface area contributed by atoms with Crippen molar-refractivity contribution in [3.05, 3.63) is 33.2 Å². The molecule has 0 fully saturated rings. The minimum absolute atomic E-state index is 0.116. The molecule has 0 aliphatic carbocycles. The molecule has 0 unspecified atom stereocenters. The van der Waals surface area contributed by atoms with Gasteiger partial charge in [0.2, 0.25) is 0 Å². The van der Waals surface area contributed by atoms with E-state index >= 15 is 0 Å². The van der Waals surface area contributed by atoms with Gasteiger partial charge < -0.3 is 10.1 Å².